The van der Waals surface area contributed by atoms with Gasteiger partial charge in [-0.05, 0) is 70.1 Å². The molecule has 0 saturated carbocycles. The van der Waals surface area contributed by atoms with Gasteiger partial charge in [0.2, 0.25) is 0 Å². The molecule has 0 amide bonds. The highest BCUT2D eigenvalue weighted by molar-refractivity contribution is 6.83. The molecule has 0 aliphatic carbocycles. The molecule has 0 aromatic heterocycles. The van der Waals surface area contributed by atoms with Crippen molar-refractivity contribution in [3.05, 3.63) is 131 Å². The summed E-state index contributed by atoms with van der Waals surface area (Å²) in [5, 5.41) is -0.223. The molecule has 0 saturated heterocycles. The Morgan fingerprint density at radius 3 is 1.93 bits per heavy atom. The summed E-state index contributed by atoms with van der Waals surface area (Å²) in [6.07, 6.45) is -2.89. The molecule has 0 spiro atoms. The smallest absolute Gasteiger partial charge is 0.429 e. The molecular weight excluding hydrogens is 609 g/mol. The summed E-state index contributed by atoms with van der Waals surface area (Å²) in [5.74, 6) is -4.20. The second-order valence-electron chi connectivity index (χ2n) is 11.4. The third kappa shape index (κ3) is 6.66. The zero-order valence-electron chi connectivity index (χ0n) is 24.3. The van der Waals surface area contributed by atoms with Gasteiger partial charge in [-0.25, -0.2) is 22.0 Å². The molecule has 0 aliphatic rings. The SMILES string of the molecule is C=Cc1ccc(-c2ccc(-c3cc(F)c(C(F)(F)Oc4ccc5c(F)c(C#C[Si](C)(C)C)c(F)cc5c4)c(F)c3)c(F)c2)cc1. The van der Waals surface area contributed by atoms with Gasteiger partial charge in [-0.1, -0.05) is 74.6 Å². The molecule has 0 fully saturated rings. The molecule has 0 bridgehead atoms. The number of halogens is 7. The van der Waals surface area contributed by atoms with Crippen LogP contribution in [0.25, 0.3) is 39.1 Å². The summed E-state index contributed by atoms with van der Waals surface area (Å²) in [6.45, 7) is 9.39. The Balaban J connectivity index is 1.43. The molecule has 0 unspecified atom stereocenters. The Bertz CT molecular complexity index is 1990. The molecule has 0 aliphatic heterocycles. The largest absolute Gasteiger partial charge is 0.432 e. The first-order valence-electron chi connectivity index (χ1n) is 13.7. The molecule has 0 atom stereocenters. The molecular formula is C36H25F7OSi. The number of fused-ring (bicyclic) bond motifs is 1. The maximum atomic E-state index is 15.2. The average Bonchev–Trinajstić information content (AvgIpc) is 2.95. The van der Waals surface area contributed by atoms with Crippen molar-refractivity contribution in [1.29, 1.82) is 0 Å². The Morgan fingerprint density at radius 1 is 0.711 bits per heavy atom. The fraction of sp³-hybridized carbons (Fsp3) is 0.111. The summed E-state index contributed by atoms with van der Waals surface area (Å²) >= 11 is 0. The molecule has 5 aromatic rings. The number of hydrogen-bond acceptors (Lipinski definition) is 1. The van der Waals surface area contributed by atoms with Gasteiger partial charge < -0.3 is 4.74 Å². The van der Waals surface area contributed by atoms with Crippen molar-refractivity contribution in [2.75, 3.05) is 0 Å². The number of hydrogen-bond donors (Lipinski definition) is 0. The van der Waals surface area contributed by atoms with E-state index < -0.39 is 60.1 Å². The van der Waals surface area contributed by atoms with Crippen molar-refractivity contribution in [2.45, 2.75) is 25.7 Å². The predicted octanol–water partition coefficient (Wildman–Crippen LogP) is 10.9. The van der Waals surface area contributed by atoms with E-state index in [0.717, 1.165) is 29.8 Å². The minimum Gasteiger partial charge on any atom is -0.429 e. The normalized spacial score (nSPS) is 11.7. The Kier molecular flexibility index (Phi) is 8.38. The first kappa shape index (κ1) is 31.6. The van der Waals surface area contributed by atoms with E-state index in [1.807, 2.05) is 19.6 Å². The molecule has 45 heavy (non-hydrogen) atoms. The molecule has 5 aromatic carbocycles. The van der Waals surface area contributed by atoms with Gasteiger partial charge in [0.15, 0.2) is 0 Å². The highest BCUT2D eigenvalue weighted by Crippen LogP contribution is 2.39. The number of benzene rings is 5. The molecule has 5 rings (SSSR count). The van der Waals surface area contributed by atoms with Gasteiger partial charge in [-0.15, -0.1) is 5.54 Å². The number of rotatable bonds is 6. The lowest BCUT2D eigenvalue weighted by Gasteiger charge is -2.20. The van der Waals surface area contributed by atoms with E-state index in [9.17, 15) is 4.39 Å². The number of alkyl halides is 2. The summed E-state index contributed by atoms with van der Waals surface area (Å²) in [5.41, 5.74) is 2.26. The zero-order chi connectivity index (χ0) is 32.7. The van der Waals surface area contributed by atoms with Crippen LogP contribution in [0.2, 0.25) is 19.6 Å². The van der Waals surface area contributed by atoms with Crippen LogP contribution in [0, 0.1) is 40.6 Å². The second kappa shape index (κ2) is 11.9. The topological polar surface area (TPSA) is 9.23 Å². The van der Waals surface area contributed by atoms with Crippen molar-refractivity contribution in [3.63, 3.8) is 0 Å². The van der Waals surface area contributed by atoms with E-state index in [1.54, 1.807) is 30.3 Å². The molecule has 0 N–H and O–H groups in total. The van der Waals surface area contributed by atoms with Crippen molar-refractivity contribution in [2.24, 2.45) is 0 Å². The van der Waals surface area contributed by atoms with Crippen LogP contribution in [0.4, 0.5) is 30.7 Å². The first-order chi connectivity index (χ1) is 21.2. The summed E-state index contributed by atoms with van der Waals surface area (Å²) in [7, 11) is -1.95. The van der Waals surface area contributed by atoms with Crippen molar-refractivity contribution < 1.29 is 35.5 Å². The summed E-state index contributed by atoms with van der Waals surface area (Å²) in [6, 6.07) is 16.2. The standard InChI is InChI=1S/C36H25F7OSi/c1-5-21-6-8-22(9-7-21)23-10-12-27(30(37)17-23)25-19-32(39)34(33(40)20-25)36(42,43)44-26-11-13-28-24(16-26)18-31(38)29(35(28)41)14-15-45(2,3)4/h5-13,16-20H,1H2,2-4H3. The van der Waals surface area contributed by atoms with Crippen LogP contribution in [0.1, 0.15) is 16.7 Å². The van der Waals surface area contributed by atoms with E-state index >= 15 is 26.3 Å². The average molecular weight is 635 g/mol. The van der Waals surface area contributed by atoms with Gasteiger partial charge in [-0.3, -0.25) is 0 Å². The van der Waals surface area contributed by atoms with Crippen molar-refractivity contribution in [3.8, 4) is 39.5 Å². The van der Waals surface area contributed by atoms with Crippen molar-refractivity contribution in [1.82, 2.24) is 0 Å². The third-order valence-corrected chi connectivity index (χ3v) is 7.78. The monoisotopic (exact) mass is 634 g/mol. The van der Waals surface area contributed by atoms with E-state index in [2.05, 4.69) is 22.8 Å². The fourth-order valence-corrected chi connectivity index (χ4v) is 5.18. The van der Waals surface area contributed by atoms with Gasteiger partial charge in [-0.2, -0.15) is 8.78 Å². The maximum absolute atomic E-state index is 15.2. The maximum Gasteiger partial charge on any atom is 0.432 e. The summed E-state index contributed by atoms with van der Waals surface area (Å²) in [4.78, 5) is 0. The van der Waals surface area contributed by atoms with Crippen LogP contribution in [0.5, 0.6) is 5.75 Å². The molecule has 0 heterocycles. The highest BCUT2D eigenvalue weighted by atomic mass is 28.3. The predicted molar refractivity (Wildman–Crippen MR) is 166 cm³/mol. The van der Waals surface area contributed by atoms with Gasteiger partial charge in [0.05, 0.1) is 5.56 Å². The number of ether oxygens (including phenoxy) is 1. The van der Waals surface area contributed by atoms with E-state index in [0.29, 0.717) is 23.3 Å². The second-order valence-corrected chi connectivity index (χ2v) is 16.1. The van der Waals surface area contributed by atoms with Crippen LogP contribution < -0.4 is 4.74 Å². The summed E-state index contributed by atoms with van der Waals surface area (Å²) < 4.78 is 110. The Labute approximate surface area is 256 Å². The minimum absolute atomic E-state index is 0.101. The van der Waals surface area contributed by atoms with Crippen LogP contribution in [0.15, 0.2) is 85.4 Å². The fourth-order valence-electron chi connectivity index (χ4n) is 4.68. The highest BCUT2D eigenvalue weighted by Gasteiger charge is 2.41. The van der Waals surface area contributed by atoms with Crippen LogP contribution in [0.3, 0.4) is 0 Å². The first-order valence-corrected chi connectivity index (χ1v) is 17.2. The van der Waals surface area contributed by atoms with Gasteiger partial charge in [0.25, 0.3) is 0 Å². The third-order valence-electron chi connectivity index (χ3n) is 6.90. The van der Waals surface area contributed by atoms with E-state index in [1.165, 1.54) is 18.2 Å². The van der Waals surface area contributed by atoms with Crippen LogP contribution in [-0.4, -0.2) is 8.07 Å². The van der Waals surface area contributed by atoms with E-state index in [-0.39, 0.29) is 21.9 Å². The van der Waals surface area contributed by atoms with E-state index in [4.69, 9.17) is 0 Å². The van der Waals surface area contributed by atoms with Gasteiger partial charge in [0.1, 0.15) is 48.5 Å². The van der Waals surface area contributed by atoms with Crippen molar-refractivity contribution >= 4 is 24.9 Å². The Morgan fingerprint density at radius 2 is 1.33 bits per heavy atom. The Hall–Kier alpha value is -4.81. The molecule has 0 radical (unpaired) electrons. The van der Waals surface area contributed by atoms with Gasteiger partial charge >= 0.3 is 6.11 Å². The van der Waals surface area contributed by atoms with Crippen LogP contribution >= 0.6 is 0 Å². The quantitative estimate of drug-likeness (QED) is 0.103. The lowest BCUT2D eigenvalue weighted by Crippen LogP contribution is -2.25. The van der Waals surface area contributed by atoms with Crippen LogP contribution in [-0.2, 0) is 6.11 Å². The minimum atomic E-state index is -4.54. The lowest BCUT2D eigenvalue weighted by atomic mass is 9.97. The van der Waals surface area contributed by atoms with Gasteiger partial charge in [0, 0.05) is 10.9 Å². The lowest BCUT2D eigenvalue weighted by molar-refractivity contribution is -0.189. The molecule has 1 nitrogen and oxygen atoms in total. The zero-order valence-corrected chi connectivity index (χ0v) is 25.3. The molecule has 9 heteroatoms. The molecule has 228 valence electrons.